The lowest BCUT2D eigenvalue weighted by molar-refractivity contribution is 1.04. The topological polar surface area (TPSA) is 29.0 Å². The minimum Gasteiger partial charge on any atom is -0.376 e. The first kappa shape index (κ1) is 21.4. The number of benzene rings is 3. The number of allylic oxidation sites excluding steroid dienone is 4. The van der Waals surface area contributed by atoms with Crippen LogP contribution in [0.25, 0.3) is 39.2 Å². The molecule has 5 aromatic rings. The molecule has 3 aromatic carbocycles. The number of hydrogen-bond donors (Lipinski definition) is 0. The summed E-state index contributed by atoms with van der Waals surface area (Å²) in [5, 5.41) is 0. The Balaban J connectivity index is 1.33. The molecule has 178 valence electrons. The van der Waals surface area contributed by atoms with Crippen LogP contribution in [0.4, 0.5) is 11.4 Å². The van der Waals surface area contributed by atoms with E-state index in [2.05, 4.69) is 107 Å². The third-order valence-electron chi connectivity index (χ3n) is 8.05. The largest absolute Gasteiger partial charge is 0.376 e. The summed E-state index contributed by atoms with van der Waals surface area (Å²) in [6, 6.07) is 34.9. The van der Waals surface area contributed by atoms with Gasteiger partial charge in [-0.15, -0.1) is 0 Å². The Bertz CT molecular complexity index is 1790. The van der Waals surface area contributed by atoms with Crippen LogP contribution in [-0.2, 0) is 0 Å². The van der Waals surface area contributed by atoms with Crippen molar-refractivity contribution in [2.75, 3.05) is 4.81 Å². The van der Waals surface area contributed by atoms with Gasteiger partial charge >= 0.3 is 6.85 Å². The third-order valence-corrected chi connectivity index (χ3v) is 8.05. The van der Waals surface area contributed by atoms with Gasteiger partial charge in [-0.05, 0) is 82.9 Å². The quantitative estimate of drug-likeness (QED) is 0.243. The molecular formula is C34H24BN3. The lowest BCUT2D eigenvalue weighted by Crippen LogP contribution is -2.53. The van der Waals surface area contributed by atoms with E-state index in [1.54, 1.807) is 6.20 Å². The SMILES string of the molecule is C1=CC2=C(CC1)c1ccccc1N1B2c2ccccc2-c2cc(-c3cccc(-c4cccnc4)n3)ccc21. The number of para-hydroxylation sites is 1. The van der Waals surface area contributed by atoms with Gasteiger partial charge < -0.3 is 4.81 Å². The molecule has 0 amide bonds. The fraction of sp³-hybridized carbons (Fsp3) is 0.0588. The summed E-state index contributed by atoms with van der Waals surface area (Å²) >= 11 is 0. The van der Waals surface area contributed by atoms with Crippen molar-refractivity contribution in [1.29, 1.82) is 0 Å². The fourth-order valence-electron chi connectivity index (χ4n) is 6.39. The Morgan fingerprint density at radius 1 is 0.684 bits per heavy atom. The lowest BCUT2D eigenvalue weighted by Gasteiger charge is -2.44. The van der Waals surface area contributed by atoms with E-state index >= 15 is 0 Å². The minimum atomic E-state index is 0.179. The van der Waals surface area contributed by atoms with E-state index in [9.17, 15) is 0 Å². The normalized spacial score (nSPS) is 14.8. The van der Waals surface area contributed by atoms with Crippen LogP contribution in [0, 0.1) is 0 Å². The first-order valence-corrected chi connectivity index (χ1v) is 13.3. The second-order valence-corrected chi connectivity index (χ2v) is 10.1. The zero-order chi connectivity index (χ0) is 25.1. The standard InChI is InChI=1S/C34H24BN3/c1-4-13-29-25(10-1)27-12-3-6-17-33(27)38-34-19-18-23(21-28(34)26-11-2-5-14-30(26)35(29)38)31-15-7-16-32(37-31)24-9-8-20-36-22-24/h2-9,11-22H,1,10H2. The molecule has 0 atom stereocenters. The van der Waals surface area contributed by atoms with Gasteiger partial charge in [0.15, 0.2) is 0 Å². The molecule has 4 heterocycles. The summed E-state index contributed by atoms with van der Waals surface area (Å²) < 4.78 is 0. The van der Waals surface area contributed by atoms with Crippen LogP contribution in [0.2, 0.25) is 0 Å². The van der Waals surface area contributed by atoms with Gasteiger partial charge in [0.05, 0.1) is 11.4 Å². The van der Waals surface area contributed by atoms with Crippen molar-refractivity contribution in [1.82, 2.24) is 9.97 Å². The van der Waals surface area contributed by atoms with Gasteiger partial charge in [-0.25, -0.2) is 4.98 Å². The van der Waals surface area contributed by atoms with E-state index in [0.717, 1.165) is 35.4 Å². The van der Waals surface area contributed by atoms with E-state index in [0.29, 0.717) is 0 Å². The zero-order valence-electron chi connectivity index (χ0n) is 20.9. The smallest absolute Gasteiger partial charge is 0.329 e. The average molecular weight is 485 g/mol. The number of fused-ring (bicyclic) bond motifs is 10. The Morgan fingerprint density at radius 2 is 1.50 bits per heavy atom. The van der Waals surface area contributed by atoms with Crippen LogP contribution in [-0.4, -0.2) is 16.8 Å². The molecule has 1 aliphatic carbocycles. The maximum absolute atomic E-state index is 5.02. The van der Waals surface area contributed by atoms with E-state index in [-0.39, 0.29) is 6.85 Å². The Morgan fingerprint density at radius 3 is 2.39 bits per heavy atom. The van der Waals surface area contributed by atoms with Gasteiger partial charge in [-0.2, -0.15) is 0 Å². The molecule has 0 radical (unpaired) electrons. The monoisotopic (exact) mass is 485 g/mol. The third kappa shape index (κ3) is 3.17. The maximum atomic E-state index is 5.02. The molecule has 3 aliphatic rings. The second kappa shape index (κ2) is 8.42. The maximum Gasteiger partial charge on any atom is 0.329 e. The summed E-state index contributed by atoms with van der Waals surface area (Å²) in [6.45, 7) is 0.179. The molecule has 0 saturated carbocycles. The lowest BCUT2D eigenvalue weighted by atomic mass is 9.42. The predicted octanol–water partition coefficient (Wildman–Crippen LogP) is 7.48. The molecule has 2 aliphatic heterocycles. The predicted molar refractivity (Wildman–Crippen MR) is 158 cm³/mol. The first-order chi connectivity index (χ1) is 18.9. The van der Waals surface area contributed by atoms with E-state index in [4.69, 9.17) is 4.98 Å². The molecule has 0 fully saturated rings. The fourth-order valence-corrected chi connectivity index (χ4v) is 6.39. The van der Waals surface area contributed by atoms with E-state index in [1.807, 2.05) is 18.3 Å². The molecule has 2 aromatic heterocycles. The van der Waals surface area contributed by atoms with Gasteiger partial charge in [0.1, 0.15) is 0 Å². The first-order valence-electron chi connectivity index (χ1n) is 13.3. The van der Waals surface area contributed by atoms with Crippen molar-refractivity contribution in [2.45, 2.75) is 12.8 Å². The number of nitrogens with zero attached hydrogens (tertiary/aromatic N) is 3. The second-order valence-electron chi connectivity index (χ2n) is 10.1. The van der Waals surface area contributed by atoms with Crippen molar-refractivity contribution in [3.63, 3.8) is 0 Å². The molecule has 0 spiro atoms. The Kier molecular flexibility index (Phi) is 4.74. The van der Waals surface area contributed by atoms with Crippen LogP contribution in [0.3, 0.4) is 0 Å². The van der Waals surface area contributed by atoms with Gasteiger partial charge in [0, 0.05) is 40.5 Å². The summed E-state index contributed by atoms with van der Waals surface area (Å²) in [4.78, 5) is 11.9. The summed E-state index contributed by atoms with van der Waals surface area (Å²) in [5.41, 5.74) is 14.8. The molecule has 3 nitrogen and oxygen atoms in total. The van der Waals surface area contributed by atoms with Crippen molar-refractivity contribution >= 4 is 29.3 Å². The molecule has 8 rings (SSSR count). The highest BCUT2D eigenvalue weighted by atomic mass is 15.1. The van der Waals surface area contributed by atoms with Crippen LogP contribution in [0.5, 0.6) is 0 Å². The van der Waals surface area contributed by atoms with Crippen molar-refractivity contribution in [3.8, 4) is 33.6 Å². The Hall–Kier alpha value is -4.70. The Labute approximate surface area is 222 Å². The molecule has 0 bridgehead atoms. The van der Waals surface area contributed by atoms with Crippen molar-refractivity contribution in [2.24, 2.45) is 0 Å². The van der Waals surface area contributed by atoms with Crippen molar-refractivity contribution in [3.05, 3.63) is 133 Å². The van der Waals surface area contributed by atoms with Crippen LogP contribution >= 0.6 is 0 Å². The van der Waals surface area contributed by atoms with Crippen molar-refractivity contribution < 1.29 is 0 Å². The number of aromatic nitrogens is 2. The minimum absolute atomic E-state index is 0.179. The van der Waals surface area contributed by atoms with Gasteiger partial charge in [-0.3, -0.25) is 4.98 Å². The molecule has 38 heavy (non-hydrogen) atoms. The average Bonchev–Trinajstić information content (AvgIpc) is 3.01. The number of rotatable bonds is 2. The molecule has 0 N–H and O–H groups in total. The summed E-state index contributed by atoms with van der Waals surface area (Å²) in [7, 11) is 0. The highest BCUT2D eigenvalue weighted by Crippen LogP contribution is 2.49. The van der Waals surface area contributed by atoms with Gasteiger partial charge in [0.2, 0.25) is 0 Å². The highest BCUT2D eigenvalue weighted by molar-refractivity contribution is 6.88. The van der Waals surface area contributed by atoms with Gasteiger partial charge in [0.25, 0.3) is 0 Å². The van der Waals surface area contributed by atoms with E-state index in [1.165, 1.54) is 44.6 Å². The summed E-state index contributed by atoms with van der Waals surface area (Å²) in [5.74, 6) is 0. The molecular weight excluding hydrogens is 461 g/mol. The highest BCUT2D eigenvalue weighted by Gasteiger charge is 2.42. The molecule has 4 heteroatoms. The molecule has 0 saturated heterocycles. The molecule has 0 unspecified atom stereocenters. The number of pyridine rings is 2. The number of hydrogen-bond acceptors (Lipinski definition) is 3. The zero-order valence-corrected chi connectivity index (χ0v) is 20.9. The van der Waals surface area contributed by atoms with E-state index < -0.39 is 0 Å². The number of anilines is 2. The van der Waals surface area contributed by atoms with Gasteiger partial charge in [-0.1, -0.05) is 66.7 Å². The van der Waals surface area contributed by atoms with Crippen LogP contribution in [0.1, 0.15) is 18.4 Å². The summed E-state index contributed by atoms with van der Waals surface area (Å²) in [6.07, 6.45) is 10.6. The van der Waals surface area contributed by atoms with Crippen LogP contribution in [0.15, 0.2) is 127 Å². The van der Waals surface area contributed by atoms with Crippen LogP contribution < -0.4 is 10.3 Å².